The molecular weight excluding hydrogens is 544 g/mol. The Morgan fingerprint density at radius 1 is 1.19 bits per heavy atom. The highest BCUT2D eigenvalue weighted by Gasteiger charge is 2.25. The van der Waals surface area contributed by atoms with Crippen LogP contribution >= 0.6 is 0 Å². The van der Waals surface area contributed by atoms with Gasteiger partial charge in [-0.05, 0) is 67.9 Å². The van der Waals surface area contributed by atoms with Gasteiger partial charge in [0.05, 0.1) is 24.7 Å². The molecule has 0 bridgehead atoms. The van der Waals surface area contributed by atoms with Gasteiger partial charge in [0.2, 0.25) is 11.8 Å². The average molecular weight is 579 g/mol. The fraction of sp³-hybridized carbons (Fsp3) is 0.379. The number of alkyl carbamates (subject to hydrolysis) is 1. The van der Waals surface area contributed by atoms with Gasteiger partial charge < -0.3 is 29.9 Å². The van der Waals surface area contributed by atoms with Crippen LogP contribution in [-0.2, 0) is 27.3 Å². The number of anilines is 1. The van der Waals surface area contributed by atoms with Gasteiger partial charge in [-0.2, -0.15) is 0 Å². The Balaban J connectivity index is 1.55. The molecule has 2 heterocycles. The quantitative estimate of drug-likeness (QED) is 0.292. The Morgan fingerprint density at radius 2 is 1.95 bits per heavy atom. The van der Waals surface area contributed by atoms with Crippen LogP contribution in [0.3, 0.4) is 0 Å². The number of nitrogens with one attached hydrogen (secondary N) is 2. The average Bonchev–Trinajstić information content (AvgIpc) is 3.69. The molecule has 1 aliphatic carbocycles. The molecule has 0 spiro atoms. The number of nitrogens with zero attached hydrogens (tertiary/aromatic N) is 4. The molecule has 0 aliphatic heterocycles. The van der Waals surface area contributed by atoms with E-state index in [2.05, 4.69) is 20.4 Å². The number of rotatable bonds is 11. The summed E-state index contributed by atoms with van der Waals surface area (Å²) in [6.07, 6.45) is 5.89. The number of allylic oxidation sites excluding steroid dienone is 1. The second-order valence-electron chi connectivity index (χ2n) is 10.3. The van der Waals surface area contributed by atoms with Crippen molar-refractivity contribution in [2.75, 3.05) is 26.5 Å². The molecule has 1 aromatic carbocycles. The molecule has 1 aliphatic rings. The molecule has 0 radical (unpaired) electrons. The Hall–Kier alpha value is -4.94. The van der Waals surface area contributed by atoms with Gasteiger partial charge in [-0.3, -0.25) is 14.4 Å². The summed E-state index contributed by atoms with van der Waals surface area (Å²) in [6.45, 7) is -0.152. The van der Waals surface area contributed by atoms with E-state index in [0.29, 0.717) is 17.0 Å². The number of hydrogen-bond acceptors (Lipinski definition) is 7. The molecule has 222 valence electrons. The van der Waals surface area contributed by atoms with Gasteiger partial charge in [-0.1, -0.05) is 18.2 Å². The van der Waals surface area contributed by atoms with Crippen molar-refractivity contribution in [3.05, 3.63) is 70.4 Å². The molecule has 1 unspecified atom stereocenters. The van der Waals surface area contributed by atoms with Crippen LogP contribution in [0, 0.1) is 5.92 Å². The lowest BCUT2D eigenvalue weighted by molar-refractivity contribution is -0.123. The molecule has 1 atom stereocenters. The minimum atomic E-state index is -1.22. The molecule has 13 nitrogen and oxygen atoms in total. The van der Waals surface area contributed by atoms with Crippen molar-refractivity contribution >= 4 is 40.7 Å². The summed E-state index contributed by atoms with van der Waals surface area (Å²) < 4.78 is 6.96. The van der Waals surface area contributed by atoms with E-state index < -0.39 is 29.7 Å². The predicted molar refractivity (Wildman–Crippen MR) is 154 cm³/mol. The van der Waals surface area contributed by atoms with Gasteiger partial charge in [0.25, 0.3) is 5.56 Å². The number of aromatic nitrogens is 3. The number of fused-ring (bicyclic) bond motifs is 1. The first-order valence-electron chi connectivity index (χ1n) is 13.5. The van der Waals surface area contributed by atoms with Crippen molar-refractivity contribution in [2.45, 2.75) is 44.7 Å². The molecule has 3 aromatic rings. The Bertz CT molecular complexity index is 1580. The van der Waals surface area contributed by atoms with Crippen molar-refractivity contribution in [2.24, 2.45) is 5.92 Å². The third kappa shape index (κ3) is 7.22. The summed E-state index contributed by atoms with van der Waals surface area (Å²) >= 11 is 0. The molecule has 42 heavy (non-hydrogen) atoms. The Labute approximate surface area is 241 Å². The molecule has 1 saturated carbocycles. The number of likely N-dealkylation sites (N-methyl/N-ethyl adjacent to an activating group) is 1. The minimum absolute atomic E-state index is 0.0649. The highest BCUT2D eigenvalue weighted by molar-refractivity contribution is 5.96. The SMILES string of the molecule is COC(=O)NC(CCC=CC(=O)N(C)C)C(=O)Nc1cccn(Cc2nc3c(CC4CC4)cccc3n2C(=O)O)c1=O. The van der Waals surface area contributed by atoms with Crippen LogP contribution in [0.2, 0.25) is 0 Å². The van der Waals surface area contributed by atoms with Crippen LogP contribution in [0.4, 0.5) is 15.3 Å². The number of ether oxygens (including phenoxy) is 1. The van der Waals surface area contributed by atoms with Crippen LogP contribution in [0.5, 0.6) is 0 Å². The van der Waals surface area contributed by atoms with Crippen molar-refractivity contribution in [3.8, 4) is 0 Å². The number of imidazole rings is 1. The van der Waals surface area contributed by atoms with E-state index in [9.17, 15) is 29.1 Å². The van der Waals surface area contributed by atoms with Crippen molar-refractivity contribution < 1.29 is 29.0 Å². The number of methoxy groups -OCH3 is 1. The topological polar surface area (TPSA) is 165 Å². The maximum absolute atomic E-state index is 13.3. The summed E-state index contributed by atoms with van der Waals surface area (Å²) in [4.78, 5) is 68.2. The summed E-state index contributed by atoms with van der Waals surface area (Å²) in [5.41, 5.74) is 1.37. The van der Waals surface area contributed by atoms with E-state index >= 15 is 0 Å². The number of carbonyl (C=O) groups excluding carboxylic acids is 3. The molecule has 3 N–H and O–H groups in total. The van der Waals surface area contributed by atoms with Gasteiger partial charge in [0.1, 0.15) is 17.6 Å². The summed E-state index contributed by atoms with van der Waals surface area (Å²) in [7, 11) is 4.38. The third-order valence-corrected chi connectivity index (χ3v) is 6.94. The van der Waals surface area contributed by atoms with Crippen molar-refractivity contribution in [1.29, 1.82) is 0 Å². The number of carbonyl (C=O) groups is 4. The lowest BCUT2D eigenvalue weighted by atomic mass is 10.1. The largest absolute Gasteiger partial charge is 0.464 e. The van der Waals surface area contributed by atoms with E-state index in [0.717, 1.165) is 36.5 Å². The molecule has 1 fully saturated rings. The second kappa shape index (κ2) is 13.1. The molecule has 3 amide bonds. The van der Waals surface area contributed by atoms with Gasteiger partial charge in [0, 0.05) is 20.3 Å². The summed E-state index contributed by atoms with van der Waals surface area (Å²) in [6, 6.07) is 7.33. The summed E-state index contributed by atoms with van der Waals surface area (Å²) in [5, 5.41) is 15.0. The zero-order chi connectivity index (χ0) is 30.4. The number of carboxylic acid groups (broad SMARTS) is 1. The normalized spacial score (nSPS) is 13.6. The third-order valence-electron chi connectivity index (χ3n) is 6.94. The van der Waals surface area contributed by atoms with E-state index in [4.69, 9.17) is 0 Å². The van der Waals surface area contributed by atoms with Gasteiger partial charge in [0.15, 0.2) is 0 Å². The molecule has 2 aromatic heterocycles. The lowest BCUT2D eigenvalue weighted by Gasteiger charge is -2.17. The fourth-order valence-electron chi connectivity index (χ4n) is 4.52. The Morgan fingerprint density at radius 3 is 2.62 bits per heavy atom. The maximum atomic E-state index is 13.3. The standard InChI is InChI=1S/C29H34N6O7/c1-33(2)24(36)12-5-4-9-20(31-28(39)42-3)26(37)30-21-10-7-15-34(27(21)38)17-23-32-25-19(16-18-13-14-18)8-6-11-22(25)35(23)29(40)41/h5-8,10-12,15,18,20H,4,9,13-14,16-17H2,1-3H3,(H,30,37)(H,31,39)(H,40,41). The highest BCUT2D eigenvalue weighted by atomic mass is 16.5. The van der Waals surface area contributed by atoms with Gasteiger partial charge in [-0.15, -0.1) is 0 Å². The number of amides is 3. The second-order valence-corrected chi connectivity index (χ2v) is 10.3. The smallest absolute Gasteiger partial charge is 0.417 e. The molecule has 13 heteroatoms. The summed E-state index contributed by atoms with van der Waals surface area (Å²) in [5.74, 6) is -0.149. The lowest BCUT2D eigenvalue weighted by Crippen LogP contribution is -2.44. The van der Waals surface area contributed by atoms with E-state index in [1.807, 2.05) is 12.1 Å². The zero-order valence-electron chi connectivity index (χ0n) is 23.7. The number of hydrogen-bond donors (Lipinski definition) is 3. The number of benzene rings is 1. The van der Waals surface area contributed by atoms with Gasteiger partial charge in [-0.25, -0.2) is 19.1 Å². The van der Waals surface area contributed by atoms with Crippen LogP contribution < -0.4 is 16.2 Å². The maximum Gasteiger partial charge on any atom is 0.417 e. The van der Waals surface area contributed by atoms with E-state index in [1.54, 1.807) is 32.3 Å². The number of para-hydroxylation sites is 1. The zero-order valence-corrected chi connectivity index (χ0v) is 23.7. The predicted octanol–water partition coefficient (Wildman–Crippen LogP) is 2.81. The minimum Gasteiger partial charge on any atom is -0.464 e. The van der Waals surface area contributed by atoms with Crippen molar-refractivity contribution in [1.82, 2.24) is 24.3 Å². The first-order valence-corrected chi connectivity index (χ1v) is 13.5. The first kappa shape index (κ1) is 30.0. The highest BCUT2D eigenvalue weighted by Crippen LogP contribution is 2.34. The number of pyridine rings is 1. The first-order chi connectivity index (χ1) is 20.1. The fourth-order valence-corrected chi connectivity index (χ4v) is 4.52. The Kier molecular flexibility index (Phi) is 9.40. The van der Waals surface area contributed by atoms with Crippen LogP contribution in [-0.4, -0.2) is 75.4 Å². The van der Waals surface area contributed by atoms with Crippen LogP contribution in [0.1, 0.15) is 37.1 Å². The van der Waals surface area contributed by atoms with Crippen LogP contribution in [0.25, 0.3) is 11.0 Å². The van der Waals surface area contributed by atoms with Crippen LogP contribution in [0.15, 0.2) is 53.5 Å². The molecule has 4 rings (SSSR count). The van der Waals surface area contributed by atoms with E-state index in [-0.39, 0.29) is 36.8 Å². The van der Waals surface area contributed by atoms with E-state index in [1.165, 1.54) is 27.8 Å². The molecule has 0 saturated heterocycles. The monoisotopic (exact) mass is 578 g/mol. The van der Waals surface area contributed by atoms with Gasteiger partial charge >= 0.3 is 12.2 Å². The molecular formula is C29H34N6O7. The van der Waals surface area contributed by atoms with Crippen molar-refractivity contribution in [3.63, 3.8) is 0 Å².